The van der Waals surface area contributed by atoms with Gasteiger partial charge in [-0.05, 0) is 130 Å². The van der Waals surface area contributed by atoms with Crippen LogP contribution >= 0.6 is 0 Å². The zero-order valence-electron chi connectivity index (χ0n) is 21.8. The highest BCUT2D eigenvalue weighted by atomic mass is 16.2. The summed E-state index contributed by atoms with van der Waals surface area (Å²) in [6.45, 7) is 5.00. The largest absolute Gasteiger partial charge is 0.350 e. The van der Waals surface area contributed by atoms with Crippen LogP contribution in [0.3, 0.4) is 0 Å². The van der Waals surface area contributed by atoms with Gasteiger partial charge in [0.05, 0.1) is 0 Å². The van der Waals surface area contributed by atoms with E-state index in [0.717, 1.165) is 55.3 Å². The van der Waals surface area contributed by atoms with Crippen molar-refractivity contribution >= 4 is 11.8 Å². The van der Waals surface area contributed by atoms with E-state index >= 15 is 0 Å². The number of carbonyl (C=O) groups is 2. The lowest BCUT2D eigenvalue weighted by Gasteiger charge is -2.62. The average Bonchev–Trinajstić information content (AvgIpc) is 3.13. The molecular formula is C30H46N2O2. The van der Waals surface area contributed by atoms with E-state index in [-0.39, 0.29) is 22.3 Å². The molecule has 1 saturated heterocycles. The van der Waals surface area contributed by atoms with E-state index in [2.05, 4.69) is 31.1 Å². The summed E-state index contributed by atoms with van der Waals surface area (Å²) in [5.74, 6) is 5.80. The van der Waals surface area contributed by atoms with E-state index in [1.807, 2.05) is 0 Å². The quantitative estimate of drug-likeness (QED) is 0.580. The molecule has 7 aliphatic carbocycles. The molecule has 8 aliphatic rings. The zero-order chi connectivity index (χ0) is 23.5. The van der Waals surface area contributed by atoms with Crippen LogP contribution in [0.4, 0.5) is 0 Å². The molecule has 0 spiro atoms. The van der Waals surface area contributed by atoms with Crippen LogP contribution < -0.4 is 5.32 Å². The predicted octanol–water partition coefficient (Wildman–Crippen LogP) is 5.55. The monoisotopic (exact) mass is 466 g/mol. The maximum atomic E-state index is 14.0. The summed E-state index contributed by atoms with van der Waals surface area (Å²) in [5.41, 5.74) is 0.585. The van der Waals surface area contributed by atoms with Gasteiger partial charge in [-0.2, -0.15) is 0 Å². The average molecular weight is 467 g/mol. The molecule has 2 amide bonds. The highest BCUT2D eigenvalue weighted by Crippen LogP contribution is 2.66. The molecule has 0 aromatic carbocycles. The van der Waals surface area contributed by atoms with Crippen molar-refractivity contribution in [2.75, 3.05) is 7.05 Å². The predicted molar refractivity (Wildman–Crippen MR) is 133 cm³/mol. The van der Waals surface area contributed by atoms with E-state index in [1.54, 1.807) is 0 Å². The maximum Gasteiger partial charge on any atom is 0.224 e. The first-order valence-corrected chi connectivity index (χ1v) is 14.8. The van der Waals surface area contributed by atoms with Gasteiger partial charge >= 0.3 is 0 Å². The minimum Gasteiger partial charge on any atom is -0.350 e. The number of nitrogens with zero attached hydrogens (tertiary/aromatic N) is 1. The Morgan fingerprint density at radius 2 is 1.50 bits per heavy atom. The summed E-state index contributed by atoms with van der Waals surface area (Å²) >= 11 is 0. The maximum absolute atomic E-state index is 14.0. The fourth-order valence-corrected chi connectivity index (χ4v) is 12.2. The Morgan fingerprint density at radius 3 is 2.18 bits per heavy atom. The van der Waals surface area contributed by atoms with Gasteiger partial charge in [-0.15, -0.1) is 0 Å². The van der Waals surface area contributed by atoms with E-state index < -0.39 is 0 Å². The first-order valence-electron chi connectivity index (χ1n) is 14.8. The molecule has 0 radical (unpaired) electrons. The van der Waals surface area contributed by atoms with Crippen LogP contribution in [0, 0.1) is 52.3 Å². The Bertz CT molecular complexity index is 863. The highest BCUT2D eigenvalue weighted by molar-refractivity contribution is 5.81. The van der Waals surface area contributed by atoms with Gasteiger partial charge < -0.3 is 10.2 Å². The van der Waals surface area contributed by atoms with Crippen LogP contribution in [0.15, 0.2) is 0 Å². The molecule has 34 heavy (non-hydrogen) atoms. The van der Waals surface area contributed by atoms with Gasteiger partial charge in [0, 0.05) is 31.0 Å². The van der Waals surface area contributed by atoms with Gasteiger partial charge in [-0.25, -0.2) is 0 Å². The molecule has 7 saturated carbocycles. The molecule has 1 aliphatic heterocycles. The Hall–Kier alpha value is -1.06. The molecular weight excluding hydrogens is 420 g/mol. The Labute approximate surface area is 206 Å². The summed E-state index contributed by atoms with van der Waals surface area (Å²) in [7, 11) is 2.05. The normalized spacial score (nSPS) is 55.5. The number of amides is 2. The molecule has 4 heteroatoms. The lowest BCUT2D eigenvalue weighted by atomic mass is 9.46. The van der Waals surface area contributed by atoms with Crippen LogP contribution in [0.2, 0.25) is 0 Å². The van der Waals surface area contributed by atoms with Crippen molar-refractivity contribution in [2.45, 2.75) is 115 Å². The van der Waals surface area contributed by atoms with Crippen molar-refractivity contribution in [1.29, 1.82) is 0 Å². The second kappa shape index (κ2) is 7.25. The molecule has 0 unspecified atom stereocenters. The van der Waals surface area contributed by atoms with Gasteiger partial charge in [0.1, 0.15) is 0 Å². The van der Waals surface area contributed by atoms with Crippen LogP contribution in [0.1, 0.15) is 104 Å². The van der Waals surface area contributed by atoms with Gasteiger partial charge in [0.2, 0.25) is 11.8 Å². The number of carbonyl (C=O) groups excluding carboxylic acids is 2. The Balaban J connectivity index is 1.10. The van der Waals surface area contributed by atoms with Gasteiger partial charge in [0.15, 0.2) is 0 Å². The summed E-state index contributed by atoms with van der Waals surface area (Å²) in [4.78, 5) is 28.5. The van der Waals surface area contributed by atoms with Crippen LogP contribution in [-0.4, -0.2) is 35.3 Å². The first kappa shape index (κ1) is 22.2. The molecule has 8 fully saturated rings. The van der Waals surface area contributed by atoms with E-state index in [0.29, 0.717) is 23.8 Å². The number of likely N-dealkylation sites (tertiary alicyclic amines) is 1. The number of rotatable bonds is 2. The molecule has 4 bridgehead atoms. The van der Waals surface area contributed by atoms with Gasteiger partial charge in [-0.1, -0.05) is 13.8 Å². The second-order valence-corrected chi connectivity index (χ2v) is 14.8. The number of hydrogen-bond donors (Lipinski definition) is 1. The third kappa shape index (κ3) is 2.95. The Kier molecular flexibility index (Phi) is 4.73. The standard InChI is InChI=1S/C30H46N2O2/c1-28-10-8-23-21(4-7-25-29(23,2)11-9-26(33)32(25)3)22(28)5-6-24(28)27(34)31-30-15-18-12-19(16-30)14-20(13-18)17-30/h18-25H,4-17H2,1-3H3,(H,31,34)/t18?,19?,20?,21-,22-,23-,24+,25+,28-,29+,30?/m0/s1. The van der Waals surface area contributed by atoms with E-state index in [1.165, 1.54) is 64.2 Å². The van der Waals surface area contributed by atoms with Crippen molar-refractivity contribution in [1.82, 2.24) is 10.2 Å². The minimum atomic E-state index is 0.141. The lowest BCUT2D eigenvalue weighted by Crippen LogP contribution is -2.63. The van der Waals surface area contributed by atoms with Gasteiger partial charge in [0.25, 0.3) is 0 Å². The number of piperidine rings is 1. The fourth-order valence-electron chi connectivity index (χ4n) is 12.2. The van der Waals surface area contributed by atoms with Crippen molar-refractivity contribution in [2.24, 2.45) is 52.3 Å². The Morgan fingerprint density at radius 1 is 0.853 bits per heavy atom. The highest BCUT2D eigenvalue weighted by Gasteiger charge is 2.62. The molecule has 7 atom stereocenters. The molecule has 8 rings (SSSR count). The van der Waals surface area contributed by atoms with Crippen molar-refractivity contribution in [3.63, 3.8) is 0 Å². The molecule has 0 aromatic rings. The molecule has 4 nitrogen and oxygen atoms in total. The third-order valence-corrected chi connectivity index (χ3v) is 13.3. The topological polar surface area (TPSA) is 49.4 Å². The minimum absolute atomic E-state index is 0.141. The van der Waals surface area contributed by atoms with E-state index in [9.17, 15) is 9.59 Å². The molecule has 1 heterocycles. The summed E-state index contributed by atoms with van der Waals surface area (Å²) < 4.78 is 0. The fraction of sp³-hybridized carbons (Fsp3) is 0.933. The summed E-state index contributed by atoms with van der Waals surface area (Å²) in [6, 6.07) is 0.427. The van der Waals surface area contributed by atoms with Crippen LogP contribution in [-0.2, 0) is 9.59 Å². The summed E-state index contributed by atoms with van der Waals surface area (Å²) in [6.07, 6.45) is 17.1. The molecule has 188 valence electrons. The lowest BCUT2D eigenvalue weighted by molar-refractivity contribution is -0.160. The molecule has 0 aromatic heterocycles. The van der Waals surface area contributed by atoms with Crippen LogP contribution in [0.25, 0.3) is 0 Å². The molecule has 1 N–H and O–H groups in total. The first-order chi connectivity index (χ1) is 16.2. The smallest absolute Gasteiger partial charge is 0.224 e. The van der Waals surface area contributed by atoms with Crippen molar-refractivity contribution in [3.8, 4) is 0 Å². The van der Waals surface area contributed by atoms with Gasteiger partial charge in [-0.3, -0.25) is 9.59 Å². The SMILES string of the molecule is CN1C(=O)CC[C@]2(C)[C@H]3CC[C@]4(C)[C@@H](C(=O)NC56CC7CC(CC(C7)C5)C6)CC[C@H]4[C@@H]3CC[C@@H]12. The van der Waals surface area contributed by atoms with Crippen molar-refractivity contribution < 1.29 is 9.59 Å². The van der Waals surface area contributed by atoms with Crippen molar-refractivity contribution in [3.05, 3.63) is 0 Å². The zero-order valence-corrected chi connectivity index (χ0v) is 21.8. The number of hydrogen-bond acceptors (Lipinski definition) is 2. The number of fused-ring (bicyclic) bond motifs is 5. The number of nitrogens with one attached hydrogen (secondary N) is 1. The second-order valence-electron chi connectivity index (χ2n) is 14.8. The third-order valence-electron chi connectivity index (χ3n) is 13.3. The summed E-state index contributed by atoms with van der Waals surface area (Å²) in [5, 5.41) is 3.78. The van der Waals surface area contributed by atoms with Crippen LogP contribution in [0.5, 0.6) is 0 Å². The van der Waals surface area contributed by atoms with E-state index in [4.69, 9.17) is 0 Å².